The topological polar surface area (TPSA) is 78.4 Å². The highest BCUT2D eigenvalue weighted by molar-refractivity contribution is 6.30. The summed E-state index contributed by atoms with van der Waals surface area (Å²) in [6.45, 7) is 2.47. The normalized spacial score (nSPS) is 11.7. The summed E-state index contributed by atoms with van der Waals surface area (Å²) in [5.41, 5.74) is 0.904. The molecule has 6 heteroatoms. The van der Waals surface area contributed by atoms with Gasteiger partial charge in [-0.1, -0.05) is 30.7 Å². The van der Waals surface area contributed by atoms with Crippen molar-refractivity contribution in [2.75, 3.05) is 6.54 Å². The van der Waals surface area contributed by atoms with Crippen LogP contribution < -0.4 is 10.6 Å². The van der Waals surface area contributed by atoms with Crippen LogP contribution in [0, 0.1) is 5.92 Å². The largest absolute Gasteiger partial charge is 0.481 e. The van der Waals surface area contributed by atoms with E-state index in [4.69, 9.17) is 16.7 Å². The maximum atomic E-state index is 11.5. The molecule has 0 radical (unpaired) electrons. The number of hydrogen-bond donors (Lipinski definition) is 3. The number of urea groups is 1. The number of carbonyl (C=O) groups is 2. The molecule has 1 rings (SSSR count). The van der Waals surface area contributed by atoms with Gasteiger partial charge in [0, 0.05) is 24.5 Å². The molecular formula is C13H17ClN2O3. The molecule has 0 heterocycles. The maximum Gasteiger partial charge on any atom is 0.315 e. The summed E-state index contributed by atoms with van der Waals surface area (Å²) in [5.74, 6) is -0.969. The van der Waals surface area contributed by atoms with Crippen molar-refractivity contribution in [3.63, 3.8) is 0 Å². The first-order chi connectivity index (χ1) is 8.97. The Morgan fingerprint density at radius 1 is 1.37 bits per heavy atom. The molecule has 1 aromatic carbocycles. The van der Waals surface area contributed by atoms with Gasteiger partial charge in [-0.05, 0) is 23.6 Å². The third-order valence-electron chi connectivity index (χ3n) is 2.48. The van der Waals surface area contributed by atoms with Gasteiger partial charge in [0.2, 0.25) is 0 Å². The van der Waals surface area contributed by atoms with E-state index in [2.05, 4.69) is 10.6 Å². The highest BCUT2D eigenvalue weighted by Crippen LogP contribution is 2.10. The average molecular weight is 285 g/mol. The molecule has 0 aliphatic carbocycles. The molecule has 104 valence electrons. The van der Waals surface area contributed by atoms with E-state index in [-0.39, 0.29) is 18.4 Å². The molecule has 5 nitrogen and oxygen atoms in total. The highest BCUT2D eigenvalue weighted by atomic mass is 35.5. The lowest BCUT2D eigenvalue weighted by molar-refractivity contribution is -0.137. The molecule has 0 aromatic heterocycles. The van der Waals surface area contributed by atoms with Crippen molar-refractivity contribution in [1.82, 2.24) is 10.6 Å². The number of hydrogen-bond acceptors (Lipinski definition) is 2. The predicted octanol–water partition coefficient (Wildman–Crippen LogP) is 2.25. The van der Waals surface area contributed by atoms with Crippen molar-refractivity contribution < 1.29 is 14.7 Å². The molecule has 19 heavy (non-hydrogen) atoms. The van der Waals surface area contributed by atoms with Crippen molar-refractivity contribution in [1.29, 1.82) is 0 Å². The smallest absolute Gasteiger partial charge is 0.315 e. The van der Waals surface area contributed by atoms with Crippen molar-refractivity contribution in [2.45, 2.75) is 19.9 Å². The Hall–Kier alpha value is -1.75. The third-order valence-corrected chi connectivity index (χ3v) is 2.71. The van der Waals surface area contributed by atoms with E-state index in [1.165, 1.54) is 0 Å². The molecule has 3 N–H and O–H groups in total. The number of carbonyl (C=O) groups excluding carboxylic acids is 1. The molecule has 0 aliphatic heterocycles. The number of carboxylic acids is 1. The molecule has 1 unspecified atom stereocenters. The van der Waals surface area contributed by atoms with Crippen LogP contribution in [-0.2, 0) is 11.3 Å². The Kier molecular flexibility index (Phi) is 6.15. The minimum Gasteiger partial charge on any atom is -0.481 e. The first-order valence-electron chi connectivity index (χ1n) is 5.95. The molecule has 1 atom stereocenters. The number of nitrogens with one attached hydrogen (secondary N) is 2. The van der Waals surface area contributed by atoms with Gasteiger partial charge in [-0.3, -0.25) is 4.79 Å². The van der Waals surface area contributed by atoms with Crippen LogP contribution in [0.3, 0.4) is 0 Å². The van der Waals surface area contributed by atoms with Gasteiger partial charge in [-0.25, -0.2) is 4.79 Å². The monoisotopic (exact) mass is 284 g/mol. The minimum absolute atomic E-state index is 0.0363. The van der Waals surface area contributed by atoms with Crippen LogP contribution in [0.5, 0.6) is 0 Å². The summed E-state index contributed by atoms with van der Waals surface area (Å²) >= 11 is 5.83. The van der Waals surface area contributed by atoms with Crippen LogP contribution in [-0.4, -0.2) is 23.7 Å². The van der Waals surface area contributed by atoms with Crippen LogP contribution in [0.15, 0.2) is 24.3 Å². The first-order valence-corrected chi connectivity index (χ1v) is 6.33. The molecular weight excluding hydrogens is 268 g/mol. The second-order valence-electron chi connectivity index (χ2n) is 4.40. The van der Waals surface area contributed by atoms with E-state index in [1.54, 1.807) is 19.1 Å². The molecule has 1 aromatic rings. The second kappa shape index (κ2) is 7.63. The van der Waals surface area contributed by atoms with Gasteiger partial charge in [-0.15, -0.1) is 0 Å². The number of aliphatic carboxylic acids is 1. The Morgan fingerprint density at radius 3 is 2.74 bits per heavy atom. The lowest BCUT2D eigenvalue weighted by Crippen LogP contribution is -2.37. The van der Waals surface area contributed by atoms with Crippen LogP contribution in [0.4, 0.5) is 4.79 Å². The Labute approximate surface area is 117 Å². The maximum absolute atomic E-state index is 11.5. The zero-order chi connectivity index (χ0) is 14.3. The van der Waals surface area contributed by atoms with Crippen molar-refractivity contribution in [2.24, 2.45) is 5.92 Å². The fraction of sp³-hybridized carbons (Fsp3) is 0.385. The number of rotatable bonds is 6. The Balaban J connectivity index is 2.26. The number of benzene rings is 1. The van der Waals surface area contributed by atoms with E-state index < -0.39 is 5.97 Å². The molecule has 0 saturated carbocycles. The van der Waals surface area contributed by atoms with Gasteiger partial charge in [0.25, 0.3) is 0 Å². The van der Waals surface area contributed by atoms with E-state index in [0.29, 0.717) is 18.1 Å². The van der Waals surface area contributed by atoms with Gasteiger partial charge >= 0.3 is 12.0 Å². The second-order valence-corrected chi connectivity index (χ2v) is 4.83. The number of amides is 2. The summed E-state index contributed by atoms with van der Waals surface area (Å²) in [6.07, 6.45) is 0.0363. The Morgan fingerprint density at radius 2 is 2.11 bits per heavy atom. The zero-order valence-corrected chi connectivity index (χ0v) is 11.4. The molecule has 0 aliphatic rings. The van der Waals surface area contributed by atoms with Gasteiger partial charge in [0.15, 0.2) is 0 Å². The van der Waals surface area contributed by atoms with Gasteiger partial charge in [0.05, 0.1) is 0 Å². The van der Waals surface area contributed by atoms with Crippen molar-refractivity contribution in [3.8, 4) is 0 Å². The quantitative estimate of drug-likeness (QED) is 0.750. The SMILES string of the molecule is CC(CNC(=O)NCc1cccc(Cl)c1)CC(=O)O. The predicted molar refractivity (Wildman–Crippen MR) is 73.1 cm³/mol. The summed E-state index contributed by atoms with van der Waals surface area (Å²) in [4.78, 5) is 21.9. The molecule has 0 spiro atoms. The highest BCUT2D eigenvalue weighted by Gasteiger charge is 2.09. The summed E-state index contributed by atoms with van der Waals surface area (Å²) in [7, 11) is 0. The first kappa shape index (κ1) is 15.3. The van der Waals surface area contributed by atoms with Crippen LogP contribution in [0.1, 0.15) is 18.9 Å². The molecule has 2 amide bonds. The fourth-order valence-corrected chi connectivity index (χ4v) is 1.74. The zero-order valence-electron chi connectivity index (χ0n) is 10.6. The number of carboxylic acid groups (broad SMARTS) is 1. The summed E-state index contributed by atoms with van der Waals surface area (Å²) in [6, 6.07) is 6.89. The van der Waals surface area contributed by atoms with E-state index in [9.17, 15) is 9.59 Å². The summed E-state index contributed by atoms with van der Waals surface area (Å²) < 4.78 is 0. The lowest BCUT2D eigenvalue weighted by atomic mass is 10.1. The van der Waals surface area contributed by atoms with E-state index >= 15 is 0 Å². The van der Waals surface area contributed by atoms with E-state index in [1.807, 2.05) is 12.1 Å². The Bertz CT molecular complexity index is 451. The number of halogens is 1. The molecule has 0 fully saturated rings. The van der Waals surface area contributed by atoms with Crippen LogP contribution in [0.25, 0.3) is 0 Å². The minimum atomic E-state index is -0.867. The van der Waals surface area contributed by atoms with E-state index in [0.717, 1.165) is 5.56 Å². The van der Waals surface area contributed by atoms with Crippen molar-refractivity contribution >= 4 is 23.6 Å². The van der Waals surface area contributed by atoms with Crippen LogP contribution in [0.2, 0.25) is 5.02 Å². The summed E-state index contributed by atoms with van der Waals surface area (Å²) in [5, 5.41) is 14.5. The lowest BCUT2D eigenvalue weighted by Gasteiger charge is -2.11. The van der Waals surface area contributed by atoms with Gasteiger partial charge in [-0.2, -0.15) is 0 Å². The average Bonchev–Trinajstić information content (AvgIpc) is 2.33. The van der Waals surface area contributed by atoms with Crippen molar-refractivity contribution in [3.05, 3.63) is 34.9 Å². The molecule has 0 bridgehead atoms. The van der Waals surface area contributed by atoms with Gasteiger partial charge < -0.3 is 15.7 Å². The standard InChI is InChI=1S/C13H17ClN2O3/c1-9(5-12(17)18)7-15-13(19)16-8-10-3-2-4-11(14)6-10/h2-4,6,9H,5,7-8H2,1H3,(H,17,18)(H2,15,16,19). The molecule has 0 saturated heterocycles. The fourth-order valence-electron chi connectivity index (χ4n) is 1.53. The van der Waals surface area contributed by atoms with Crippen LogP contribution >= 0.6 is 11.6 Å². The third kappa shape index (κ3) is 6.67. The van der Waals surface area contributed by atoms with Gasteiger partial charge in [0.1, 0.15) is 0 Å².